The molecule has 2 aromatic carbocycles. The van der Waals surface area contributed by atoms with Crippen molar-refractivity contribution in [2.45, 2.75) is 31.7 Å². The second kappa shape index (κ2) is 9.11. The van der Waals surface area contributed by atoms with Crippen LogP contribution in [0.3, 0.4) is 0 Å². The Kier molecular flexibility index (Phi) is 6.12. The maximum Gasteiger partial charge on any atom is 0.223 e. The summed E-state index contributed by atoms with van der Waals surface area (Å²) in [6, 6.07) is 16.6. The van der Waals surface area contributed by atoms with Gasteiger partial charge in [0.1, 0.15) is 5.82 Å². The van der Waals surface area contributed by atoms with E-state index in [0.717, 1.165) is 54.9 Å². The molecular formula is C24H27FN4O. The first kappa shape index (κ1) is 20.1. The molecule has 1 amide bonds. The third-order valence-electron chi connectivity index (χ3n) is 5.81. The molecule has 1 aromatic heterocycles. The molecule has 30 heavy (non-hydrogen) atoms. The van der Waals surface area contributed by atoms with Crippen molar-refractivity contribution in [2.24, 2.45) is 0 Å². The number of hydrogen-bond donors (Lipinski definition) is 1. The van der Waals surface area contributed by atoms with Crippen molar-refractivity contribution in [3.05, 3.63) is 72.3 Å². The second-order valence-corrected chi connectivity index (χ2v) is 7.81. The number of anilines is 1. The predicted octanol–water partition coefficient (Wildman–Crippen LogP) is 4.80. The molecule has 1 fully saturated rings. The van der Waals surface area contributed by atoms with E-state index in [1.54, 1.807) is 18.3 Å². The van der Waals surface area contributed by atoms with Gasteiger partial charge >= 0.3 is 0 Å². The third-order valence-corrected chi connectivity index (χ3v) is 5.81. The average molecular weight is 407 g/mol. The van der Waals surface area contributed by atoms with Crippen LogP contribution in [0, 0.1) is 5.82 Å². The number of hydrogen-bond acceptors (Lipinski definition) is 3. The second-order valence-electron chi connectivity index (χ2n) is 7.81. The Morgan fingerprint density at radius 3 is 2.73 bits per heavy atom. The lowest BCUT2D eigenvalue weighted by molar-refractivity contribution is -0.132. The van der Waals surface area contributed by atoms with E-state index >= 15 is 0 Å². The lowest BCUT2D eigenvalue weighted by Gasteiger charge is -2.25. The highest BCUT2D eigenvalue weighted by molar-refractivity contribution is 5.77. The van der Waals surface area contributed by atoms with Gasteiger partial charge in [0.2, 0.25) is 5.91 Å². The van der Waals surface area contributed by atoms with E-state index in [4.69, 9.17) is 0 Å². The molecule has 1 N–H and O–H groups in total. The average Bonchev–Trinajstić information content (AvgIpc) is 3.44. The molecule has 2 heterocycles. The number of halogens is 1. The summed E-state index contributed by atoms with van der Waals surface area (Å²) in [5.41, 5.74) is 3.94. The number of nitrogens with one attached hydrogen (secondary N) is 1. The first-order valence-electron chi connectivity index (χ1n) is 10.5. The van der Waals surface area contributed by atoms with Crippen molar-refractivity contribution in [1.29, 1.82) is 0 Å². The molecule has 1 aliphatic rings. The lowest BCUT2D eigenvalue weighted by atomic mass is 10.0. The number of carbonyl (C=O) groups is 1. The minimum absolute atomic E-state index is 0.00749. The van der Waals surface area contributed by atoms with Gasteiger partial charge < -0.3 is 9.80 Å². The number of amides is 1. The fourth-order valence-corrected chi connectivity index (χ4v) is 4.20. The fourth-order valence-electron chi connectivity index (χ4n) is 4.20. The summed E-state index contributed by atoms with van der Waals surface area (Å²) in [4.78, 5) is 17.1. The molecule has 5 nitrogen and oxygen atoms in total. The van der Waals surface area contributed by atoms with E-state index in [1.165, 1.54) is 12.1 Å². The zero-order valence-corrected chi connectivity index (χ0v) is 17.2. The van der Waals surface area contributed by atoms with Gasteiger partial charge in [0, 0.05) is 37.8 Å². The van der Waals surface area contributed by atoms with E-state index in [-0.39, 0.29) is 17.8 Å². The maximum absolute atomic E-state index is 13.3. The van der Waals surface area contributed by atoms with E-state index in [0.29, 0.717) is 6.42 Å². The zero-order valence-electron chi connectivity index (χ0n) is 17.2. The summed E-state index contributed by atoms with van der Waals surface area (Å²) in [5.74, 6) is -0.0828. The first-order chi connectivity index (χ1) is 14.6. The van der Waals surface area contributed by atoms with E-state index in [9.17, 15) is 9.18 Å². The molecule has 1 aliphatic heterocycles. The van der Waals surface area contributed by atoms with Gasteiger partial charge in [-0.1, -0.05) is 30.3 Å². The van der Waals surface area contributed by atoms with Gasteiger partial charge in [-0.3, -0.25) is 9.89 Å². The van der Waals surface area contributed by atoms with Crippen molar-refractivity contribution in [2.75, 3.05) is 25.0 Å². The Bertz CT molecular complexity index is 970. The van der Waals surface area contributed by atoms with Crippen LogP contribution in [0.15, 0.2) is 60.8 Å². The van der Waals surface area contributed by atoms with Crippen LogP contribution in [-0.4, -0.2) is 41.1 Å². The van der Waals surface area contributed by atoms with Crippen molar-refractivity contribution < 1.29 is 9.18 Å². The molecule has 0 aliphatic carbocycles. The number of carbonyl (C=O) groups excluding carboxylic acids is 1. The van der Waals surface area contributed by atoms with Crippen LogP contribution in [-0.2, 0) is 4.79 Å². The molecule has 156 valence electrons. The van der Waals surface area contributed by atoms with Crippen LogP contribution in [0.25, 0.3) is 11.1 Å². The summed E-state index contributed by atoms with van der Waals surface area (Å²) in [5, 5.41) is 7.31. The van der Waals surface area contributed by atoms with Crippen LogP contribution < -0.4 is 4.90 Å². The lowest BCUT2D eigenvalue weighted by Crippen LogP contribution is -2.31. The normalized spacial score (nSPS) is 16.1. The van der Waals surface area contributed by atoms with Gasteiger partial charge in [0.25, 0.3) is 0 Å². The van der Waals surface area contributed by atoms with Crippen molar-refractivity contribution in [1.82, 2.24) is 15.1 Å². The van der Waals surface area contributed by atoms with Gasteiger partial charge in [0.15, 0.2) is 0 Å². The van der Waals surface area contributed by atoms with Gasteiger partial charge in [0.05, 0.1) is 17.9 Å². The number of para-hydroxylation sites is 1. The highest BCUT2D eigenvalue weighted by Gasteiger charge is 2.32. The third kappa shape index (κ3) is 4.37. The van der Waals surface area contributed by atoms with E-state index < -0.39 is 0 Å². The molecule has 0 saturated carbocycles. The van der Waals surface area contributed by atoms with Crippen LogP contribution in [0.4, 0.5) is 10.1 Å². The quantitative estimate of drug-likeness (QED) is 0.613. The van der Waals surface area contributed by atoms with Gasteiger partial charge in [-0.05, 0) is 49.1 Å². The molecule has 0 unspecified atom stereocenters. The molecule has 4 rings (SSSR count). The number of nitrogens with zero attached hydrogens (tertiary/aromatic N) is 3. The number of aromatic nitrogens is 2. The van der Waals surface area contributed by atoms with Crippen LogP contribution in [0.2, 0.25) is 0 Å². The summed E-state index contributed by atoms with van der Waals surface area (Å²) < 4.78 is 13.3. The number of H-pyrrole nitrogens is 1. The molecule has 0 spiro atoms. The SMILES string of the molecule is CN(CCCC(=O)N1CCC[C@H]1c1[nH]ncc1-c1ccc(F)cc1)c1ccccc1. The van der Waals surface area contributed by atoms with Crippen molar-refractivity contribution >= 4 is 11.6 Å². The van der Waals surface area contributed by atoms with Crippen LogP contribution in [0.1, 0.15) is 37.4 Å². The Morgan fingerprint density at radius 1 is 1.20 bits per heavy atom. The fraction of sp³-hybridized carbons (Fsp3) is 0.333. The van der Waals surface area contributed by atoms with Crippen LogP contribution in [0.5, 0.6) is 0 Å². The largest absolute Gasteiger partial charge is 0.375 e. The molecule has 1 atom stereocenters. The Morgan fingerprint density at radius 2 is 1.97 bits per heavy atom. The highest BCUT2D eigenvalue weighted by atomic mass is 19.1. The first-order valence-corrected chi connectivity index (χ1v) is 10.5. The monoisotopic (exact) mass is 406 g/mol. The molecule has 0 bridgehead atoms. The molecule has 1 saturated heterocycles. The standard InChI is InChI=1S/C24H27FN4O/c1-28(20-7-3-2-4-8-20)15-6-10-23(30)29-16-5-9-22(29)24-21(17-26-27-24)18-11-13-19(25)14-12-18/h2-4,7-8,11-14,17,22H,5-6,9-10,15-16H2,1H3,(H,26,27)/t22-/m0/s1. The molecular weight excluding hydrogens is 379 g/mol. The predicted molar refractivity (Wildman–Crippen MR) is 117 cm³/mol. The number of benzene rings is 2. The number of likely N-dealkylation sites (tertiary alicyclic amines) is 1. The topological polar surface area (TPSA) is 52.2 Å². The smallest absolute Gasteiger partial charge is 0.223 e. The van der Waals surface area contributed by atoms with Gasteiger partial charge in [-0.25, -0.2) is 4.39 Å². The minimum atomic E-state index is -0.262. The van der Waals surface area contributed by atoms with Gasteiger partial charge in [-0.2, -0.15) is 5.10 Å². The summed E-state index contributed by atoms with van der Waals surface area (Å²) in [6.07, 6.45) is 4.97. The Labute approximate surface area is 176 Å². The van der Waals surface area contributed by atoms with Crippen LogP contribution >= 0.6 is 0 Å². The number of rotatable bonds is 7. The number of aromatic amines is 1. The maximum atomic E-state index is 13.3. The van der Waals surface area contributed by atoms with Crippen molar-refractivity contribution in [3.63, 3.8) is 0 Å². The molecule has 0 radical (unpaired) electrons. The summed E-state index contributed by atoms with van der Waals surface area (Å²) in [7, 11) is 2.05. The highest BCUT2D eigenvalue weighted by Crippen LogP contribution is 2.36. The Hall–Kier alpha value is -3.15. The van der Waals surface area contributed by atoms with E-state index in [2.05, 4.69) is 34.3 Å². The Balaban J connectivity index is 1.40. The van der Waals surface area contributed by atoms with E-state index in [1.807, 2.05) is 23.1 Å². The molecule has 6 heteroatoms. The van der Waals surface area contributed by atoms with Gasteiger partial charge in [-0.15, -0.1) is 0 Å². The van der Waals surface area contributed by atoms with Crippen molar-refractivity contribution in [3.8, 4) is 11.1 Å². The zero-order chi connectivity index (χ0) is 20.9. The summed E-state index contributed by atoms with van der Waals surface area (Å²) in [6.45, 7) is 1.60. The molecule has 3 aromatic rings. The minimum Gasteiger partial charge on any atom is -0.375 e. The summed E-state index contributed by atoms with van der Waals surface area (Å²) >= 11 is 0.